The fourth-order valence-corrected chi connectivity index (χ4v) is 6.67. The summed E-state index contributed by atoms with van der Waals surface area (Å²) in [6, 6.07) is 9.96. The van der Waals surface area contributed by atoms with Crippen molar-refractivity contribution >= 4 is 56.6 Å². The lowest BCUT2D eigenvalue weighted by molar-refractivity contribution is -0.192. The van der Waals surface area contributed by atoms with Gasteiger partial charge in [-0.1, -0.05) is 46.3 Å². The van der Waals surface area contributed by atoms with Gasteiger partial charge in [-0.05, 0) is 49.0 Å². The number of hydrogen-bond donors (Lipinski definition) is 4. The summed E-state index contributed by atoms with van der Waals surface area (Å²) in [6.45, 7) is 0. The van der Waals surface area contributed by atoms with Crippen LogP contribution < -0.4 is 5.73 Å². The summed E-state index contributed by atoms with van der Waals surface area (Å²) in [4.78, 5) is 68.1. The van der Waals surface area contributed by atoms with E-state index >= 15 is 0 Å². The second kappa shape index (κ2) is 9.30. The zero-order chi connectivity index (χ0) is 28.5. The number of aliphatic hydroxyl groups excluding tert-OH is 1. The molecule has 0 saturated heterocycles. The Labute approximate surface area is 231 Å². The molecule has 11 heteroatoms. The van der Waals surface area contributed by atoms with Crippen LogP contribution in [0.4, 0.5) is 0 Å². The molecule has 2 unspecified atom stereocenters. The maximum absolute atomic E-state index is 14.1. The molecule has 5 rings (SSSR count). The molecule has 0 aliphatic heterocycles. The molecule has 2 aromatic carbocycles. The smallest absolute Gasteiger partial charge is 0.235 e. The Hall–Kier alpha value is -3.51. The van der Waals surface area contributed by atoms with Gasteiger partial charge in [-0.25, -0.2) is 0 Å². The topological polar surface area (TPSA) is 175 Å². The van der Waals surface area contributed by atoms with Crippen LogP contribution in [0.2, 0.25) is 0 Å². The fourth-order valence-electron chi connectivity index (χ4n) is 6.41. The molecule has 1 amide bonds. The number of carbonyl (C=O) groups excluding carboxylic acids is 5. The normalized spacial score (nSPS) is 33.1. The number of carbonyl (C=O) groups is 5. The Morgan fingerprint density at radius 1 is 1.05 bits per heavy atom. The molecule has 202 valence electrons. The van der Waals surface area contributed by atoms with E-state index in [1.54, 1.807) is 36.4 Å². The minimum Gasteiger partial charge on any atom is -0.507 e. The minimum atomic E-state index is -3.05. The average molecular weight is 597 g/mol. The summed E-state index contributed by atoms with van der Waals surface area (Å²) >= 11 is 3.36. The van der Waals surface area contributed by atoms with Crippen LogP contribution in [0, 0.1) is 23.7 Å². The number of nitrogens with zero attached hydrogens (tertiary/aromatic N) is 1. The molecule has 0 heterocycles. The van der Waals surface area contributed by atoms with Gasteiger partial charge in [0.2, 0.25) is 5.91 Å². The van der Waals surface area contributed by atoms with Gasteiger partial charge < -0.3 is 21.1 Å². The lowest BCUT2D eigenvalue weighted by Crippen LogP contribution is -2.77. The number of aromatic hydroxyl groups is 1. The van der Waals surface area contributed by atoms with Gasteiger partial charge in [-0.15, -0.1) is 0 Å². The predicted octanol–water partition coefficient (Wildman–Crippen LogP) is 0.598. The van der Waals surface area contributed by atoms with E-state index in [1.807, 2.05) is 0 Å². The van der Waals surface area contributed by atoms with Crippen LogP contribution in [0.1, 0.15) is 21.5 Å². The predicted molar refractivity (Wildman–Crippen MR) is 141 cm³/mol. The van der Waals surface area contributed by atoms with Gasteiger partial charge in [0.05, 0.1) is 29.5 Å². The average Bonchev–Trinajstić information content (AvgIpc) is 2.86. The summed E-state index contributed by atoms with van der Waals surface area (Å²) in [5, 5.41) is 34.2. The molecule has 2 fully saturated rings. The van der Waals surface area contributed by atoms with Crippen molar-refractivity contribution in [3.8, 4) is 5.75 Å². The van der Waals surface area contributed by atoms with Gasteiger partial charge in [0.15, 0.2) is 34.7 Å². The second-order valence-electron chi connectivity index (χ2n) is 10.4. The lowest BCUT2D eigenvalue weighted by atomic mass is 9.50. The zero-order valence-electron chi connectivity index (χ0n) is 20.9. The number of halogens is 1. The number of amides is 1. The first-order chi connectivity index (χ1) is 18.3. The number of fused-ring (bicyclic) bond motifs is 3. The van der Waals surface area contributed by atoms with Crippen LogP contribution in [-0.2, 0) is 19.2 Å². The number of phenols is 1. The summed E-state index contributed by atoms with van der Waals surface area (Å²) in [7, 11) is 2.89. The van der Waals surface area contributed by atoms with Gasteiger partial charge in [-0.3, -0.25) is 28.9 Å². The molecule has 3 aliphatic carbocycles. The van der Waals surface area contributed by atoms with Gasteiger partial charge >= 0.3 is 0 Å². The SMILES string of the molecule is CN(C)[C@H]1C(=O)C(C(N)=O)C(=O)[C@]2(O)C(=O)C3C(=O)c4c(O)cccc4C(=Cc4ccc(Br)cc4)[C@@H]3[C@@H](O)[C@H]12. The monoisotopic (exact) mass is 596 g/mol. The quantitative estimate of drug-likeness (QED) is 0.369. The number of ketones is 4. The molecule has 39 heavy (non-hydrogen) atoms. The molecule has 2 aromatic rings. The number of primary amides is 1. The van der Waals surface area contributed by atoms with Crippen molar-refractivity contribution in [3.05, 3.63) is 63.6 Å². The van der Waals surface area contributed by atoms with E-state index in [0.29, 0.717) is 11.1 Å². The first-order valence-electron chi connectivity index (χ1n) is 12.1. The molecule has 3 aliphatic rings. The Morgan fingerprint density at radius 2 is 1.69 bits per heavy atom. The van der Waals surface area contributed by atoms with Gasteiger partial charge in [-0.2, -0.15) is 0 Å². The molecular weight excluding hydrogens is 572 g/mol. The molecular formula is C28H25BrN2O8. The van der Waals surface area contributed by atoms with Crippen molar-refractivity contribution in [2.75, 3.05) is 14.1 Å². The zero-order valence-corrected chi connectivity index (χ0v) is 22.5. The summed E-state index contributed by atoms with van der Waals surface area (Å²) in [5.41, 5.74) is 3.31. The fraction of sp³-hybridized carbons (Fsp3) is 0.321. The molecule has 0 radical (unpaired) electrons. The lowest BCUT2D eigenvalue weighted by Gasteiger charge is -2.55. The van der Waals surface area contributed by atoms with Crippen molar-refractivity contribution in [3.63, 3.8) is 0 Å². The largest absolute Gasteiger partial charge is 0.507 e. The van der Waals surface area contributed by atoms with E-state index in [0.717, 1.165) is 4.47 Å². The molecule has 0 aromatic heterocycles. The van der Waals surface area contributed by atoms with Crippen LogP contribution in [0.25, 0.3) is 11.6 Å². The maximum atomic E-state index is 14.1. The Balaban J connectivity index is 1.79. The highest BCUT2D eigenvalue weighted by Crippen LogP contribution is 2.54. The first kappa shape index (κ1) is 27.1. The number of aliphatic hydroxyl groups is 2. The summed E-state index contributed by atoms with van der Waals surface area (Å²) in [6.07, 6.45) is -0.105. The van der Waals surface area contributed by atoms with Crippen LogP contribution in [0.3, 0.4) is 0 Å². The number of hydrogen-bond acceptors (Lipinski definition) is 9. The Kier molecular flexibility index (Phi) is 6.46. The van der Waals surface area contributed by atoms with Gasteiger partial charge in [0.1, 0.15) is 5.75 Å². The van der Waals surface area contributed by atoms with E-state index in [1.165, 1.54) is 31.1 Å². The molecule has 10 nitrogen and oxygen atoms in total. The van der Waals surface area contributed by atoms with Crippen LogP contribution >= 0.6 is 15.9 Å². The van der Waals surface area contributed by atoms with Crippen LogP contribution in [0.15, 0.2) is 46.9 Å². The summed E-state index contributed by atoms with van der Waals surface area (Å²) in [5.74, 6) is -13.2. The maximum Gasteiger partial charge on any atom is 0.235 e. The molecule has 7 atom stereocenters. The van der Waals surface area contributed by atoms with Crippen molar-refractivity contribution in [2.24, 2.45) is 29.4 Å². The Bertz CT molecular complexity index is 1480. The van der Waals surface area contributed by atoms with Crippen LogP contribution in [0.5, 0.6) is 5.75 Å². The molecule has 5 N–H and O–H groups in total. The number of benzene rings is 2. The number of rotatable bonds is 3. The van der Waals surface area contributed by atoms with E-state index < -0.39 is 76.2 Å². The molecule has 0 bridgehead atoms. The van der Waals surface area contributed by atoms with Crippen molar-refractivity contribution in [1.82, 2.24) is 4.90 Å². The highest BCUT2D eigenvalue weighted by Gasteiger charge is 2.72. The number of Topliss-reactive ketones (excluding diaryl/α,β-unsaturated/α-hetero) is 4. The number of phenolic OH excluding ortho intramolecular Hbond substituents is 1. The molecule has 2 saturated carbocycles. The second-order valence-corrected chi connectivity index (χ2v) is 11.3. The Morgan fingerprint density at radius 3 is 2.28 bits per heavy atom. The van der Waals surface area contributed by atoms with Crippen LogP contribution in [-0.4, -0.2) is 81.1 Å². The highest BCUT2D eigenvalue weighted by molar-refractivity contribution is 9.10. The van der Waals surface area contributed by atoms with E-state index in [4.69, 9.17) is 5.73 Å². The minimum absolute atomic E-state index is 0.195. The van der Waals surface area contributed by atoms with E-state index in [-0.39, 0.29) is 11.1 Å². The van der Waals surface area contributed by atoms with E-state index in [9.17, 15) is 39.3 Å². The number of likely N-dealkylation sites (N-methyl/N-ethyl adjacent to an activating group) is 1. The van der Waals surface area contributed by atoms with Gasteiger partial charge in [0, 0.05) is 10.4 Å². The van der Waals surface area contributed by atoms with Crippen molar-refractivity contribution in [2.45, 2.75) is 17.7 Å². The van der Waals surface area contributed by atoms with Crippen molar-refractivity contribution < 1.29 is 39.3 Å². The third kappa shape index (κ3) is 3.75. The van der Waals surface area contributed by atoms with Crippen molar-refractivity contribution in [1.29, 1.82) is 0 Å². The third-order valence-corrected chi connectivity index (χ3v) is 8.59. The van der Waals surface area contributed by atoms with Gasteiger partial charge in [0.25, 0.3) is 0 Å². The molecule has 0 spiro atoms. The highest BCUT2D eigenvalue weighted by atomic mass is 79.9. The number of nitrogens with two attached hydrogens (primary N) is 1. The van der Waals surface area contributed by atoms with E-state index in [2.05, 4.69) is 15.9 Å². The first-order valence-corrected chi connectivity index (χ1v) is 12.9. The summed E-state index contributed by atoms with van der Waals surface area (Å²) < 4.78 is 0.800. The third-order valence-electron chi connectivity index (χ3n) is 8.06. The standard InChI is InChI=1S/C28H25BrN2O8/c1-31(2)21-20-23(34)17-14(10-11-6-8-12(29)9-7-11)13-4-3-5-15(32)16(13)22(33)18(17)25(36)28(20,39)26(37)19(24(21)35)27(30)38/h3-10,17-21,23,32,34,39H,1-2H3,(H2,30,38)/t17-,18?,19?,20-,21+,23+,28+/m0/s1.